The molecular weight excluding hydrogens is 423 g/mol. The molecule has 0 aromatic heterocycles. The number of halogens is 5. The molecule has 132 valence electrons. The Bertz CT molecular complexity index is 549. The Hall–Kier alpha value is -0.740. The number of nitro groups is 1. The number of benzene rings is 1. The van der Waals surface area contributed by atoms with Gasteiger partial charge in [-0.2, -0.15) is 0 Å². The maximum Gasteiger partial charge on any atom is 0.312 e. The molecule has 0 amide bonds. The highest BCUT2D eigenvalue weighted by atomic mass is 79.9. The summed E-state index contributed by atoms with van der Waals surface area (Å²) in [5, 5.41) is 24.0. The predicted molar refractivity (Wildman–Crippen MR) is 90.1 cm³/mol. The lowest BCUT2D eigenvalue weighted by Crippen LogP contribution is -2.46. The summed E-state index contributed by atoms with van der Waals surface area (Å²) in [5.41, 5.74) is -0.715. The lowest BCUT2D eigenvalue weighted by molar-refractivity contribution is -0.386. The van der Waals surface area contributed by atoms with Crippen LogP contribution < -0.4 is 5.32 Å². The fourth-order valence-electron chi connectivity index (χ4n) is 2.42. The summed E-state index contributed by atoms with van der Waals surface area (Å²) in [6.45, 7) is 1.88. The van der Waals surface area contributed by atoms with Crippen molar-refractivity contribution in [2.75, 3.05) is 26.2 Å². The zero-order valence-electron chi connectivity index (χ0n) is 11.7. The van der Waals surface area contributed by atoms with Crippen molar-refractivity contribution in [2.24, 2.45) is 0 Å². The average molecular weight is 439 g/mol. The standard InChI is InChI=1S/C12H14BrF2N3O3.2ClH/c13-7-5-8(11(19)9(6-7)18(20)21)10(12(14)15)17-3-1-16-2-4-17;;/h5-6,10,12,16,19H,1-4H2;2*1H/t10-;;/m1../s1. The molecule has 0 spiro atoms. The van der Waals surface area contributed by atoms with Gasteiger partial charge in [-0.05, 0) is 6.07 Å². The van der Waals surface area contributed by atoms with Crippen LogP contribution in [0.25, 0.3) is 0 Å². The van der Waals surface area contributed by atoms with E-state index in [0.29, 0.717) is 26.2 Å². The second-order valence-electron chi connectivity index (χ2n) is 4.69. The molecule has 1 aromatic carbocycles. The second-order valence-corrected chi connectivity index (χ2v) is 5.60. The Balaban J connectivity index is 0.00000242. The van der Waals surface area contributed by atoms with Gasteiger partial charge in [0.25, 0.3) is 6.43 Å². The van der Waals surface area contributed by atoms with E-state index in [-0.39, 0.29) is 34.9 Å². The average Bonchev–Trinajstić information content (AvgIpc) is 2.43. The van der Waals surface area contributed by atoms with E-state index in [1.165, 1.54) is 11.0 Å². The van der Waals surface area contributed by atoms with E-state index in [0.717, 1.165) is 6.07 Å². The summed E-state index contributed by atoms with van der Waals surface area (Å²) in [5.74, 6) is -0.702. The Morgan fingerprint density at radius 3 is 2.35 bits per heavy atom. The number of hydrogen-bond donors (Lipinski definition) is 2. The van der Waals surface area contributed by atoms with Gasteiger partial charge in [0.1, 0.15) is 6.04 Å². The number of aromatic hydroxyl groups is 1. The maximum absolute atomic E-state index is 13.5. The first-order valence-electron chi connectivity index (χ1n) is 6.31. The van der Waals surface area contributed by atoms with Crippen molar-refractivity contribution in [1.82, 2.24) is 10.2 Å². The van der Waals surface area contributed by atoms with Gasteiger partial charge in [0, 0.05) is 42.3 Å². The quantitative estimate of drug-likeness (QED) is 0.557. The molecule has 1 aliphatic heterocycles. The Kier molecular flexibility index (Phi) is 9.22. The highest BCUT2D eigenvalue weighted by Crippen LogP contribution is 2.41. The van der Waals surface area contributed by atoms with E-state index in [9.17, 15) is 24.0 Å². The van der Waals surface area contributed by atoms with Crippen LogP contribution in [0.2, 0.25) is 0 Å². The number of nitrogens with zero attached hydrogens (tertiary/aromatic N) is 2. The van der Waals surface area contributed by atoms with Crippen molar-refractivity contribution >= 4 is 46.4 Å². The summed E-state index contributed by atoms with van der Waals surface area (Å²) < 4.78 is 27.2. The normalized spacial score (nSPS) is 16.3. The summed E-state index contributed by atoms with van der Waals surface area (Å²) in [7, 11) is 0. The van der Waals surface area contributed by atoms with Crippen LogP contribution in [0.15, 0.2) is 16.6 Å². The maximum atomic E-state index is 13.5. The number of alkyl halides is 2. The molecule has 0 bridgehead atoms. The van der Waals surface area contributed by atoms with Gasteiger partial charge < -0.3 is 10.4 Å². The first-order chi connectivity index (χ1) is 9.91. The fourth-order valence-corrected chi connectivity index (χ4v) is 2.89. The molecule has 6 nitrogen and oxygen atoms in total. The zero-order chi connectivity index (χ0) is 15.6. The van der Waals surface area contributed by atoms with Crippen molar-refractivity contribution in [3.63, 3.8) is 0 Å². The van der Waals surface area contributed by atoms with E-state index in [4.69, 9.17) is 0 Å². The van der Waals surface area contributed by atoms with Gasteiger partial charge in [-0.1, -0.05) is 15.9 Å². The van der Waals surface area contributed by atoms with Gasteiger partial charge in [-0.25, -0.2) is 8.78 Å². The SMILES string of the molecule is Cl.Cl.O=[N+]([O-])c1cc(Br)cc([C@H](C(F)F)N2CCNCC2)c1O. The summed E-state index contributed by atoms with van der Waals surface area (Å²) in [6, 6.07) is 1.03. The van der Waals surface area contributed by atoms with Gasteiger partial charge >= 0.3 is 5.69 Å². The third-order valence-corrected chi connectivity index (χ3v) is 3.84. The highest BCUT2D eigenvalue weighted by molar-refractivity contribution is 9.10. The largest absolute Gasteiger partial charge is 0.502 e. The Morgan fingerprint density at radius 2 is 1.87 bits per heavy atom. The molecular formula is C12H16BrCl2F2N3O3. The monoisotopic (exact) mass is 437 g/mol. The first-order valence-corrected chi connectivity index (χ1v) is 7.11. The number of phenolic OH excluding ortho intramolecular Hbond substituents is 1. The zero-order valence-corrected chi connectivity index (χ0v) is 15.0. The van der Waals surface area contributed by atoms with E-state index >= 15 is 0 Å². The molecule has 1 atom stereocenters. The van der Waals surface area contributed by atoms with Crippen LogP contribution in [0.3, 0.4) is 0 Å². The summed E-state index contributed by atoms with van der Waals surface area (Å²) in [6.07, 6.45) is -2.76. The number of hydrogen-bond acceptors (Lipinski definition) is 5. The number of piperazine rings is 1. The van der Waals surface area contributed by atoms with Crippen LogP contribution in [0.5, 0.6) is 5.75 Å². The highest BCUT2D eigenvalue weighted by Gasteiger charge is 2.34. The smallest absolute Gasteiger partial charge is 0.312 e. The van der Waals surface area contributed by atoms with Crippen molar-refractivity contribution in [3.8, 4) is 5.75 Å². The van der Waals surface area contributed by atoms with Gasteiger partial charge in [-0.15, -0.1) is 24.8 Å². The van der Waals surface area contributed by atoms with Crippen LogP contribution in [0, 0.1) is 10.1 Å². The van der Waals surface area contributed by atoms with E-state index in [1.54, 1.807) is 0 Å². The van der Waals surface area contributed by atoms with E-state index in [1.807, 2.05) is 0 Å². The van der Waals surface area contributed by atoms with E-state index in [2.05, 4.69) is 21.2 Å². The molecule has 11 heteroatoms. The minimum atomic E-state index is -2.76. The molecule has 0 radical (unpaired) electrons. The molecule has 0 unspecified atom stereocenters. The van der Waals surface area contributed by atoms with Crippen molar-refractivity contribution in [2.45, 2.75) is 12.5 Å². The summed E-state index contributed by atoms with van der Waals surface area (Å²) in [4.78, 5) is 11.6. The van der Waals surface area contributed by atoms with Gasteiger partial charge in [-0.3, -0.25) is 15.0 Å². The Morgan fingerprint density at radius 1 is 1.30 bits per heavy atom. The molecule has 2 N–H and O–H groups in total. The van der Waals surface area contributed by atoms with Crippen LogP contribution in [0.1, 0.15) is 11.6 Å². The van der Waals surface area contributed by atoms with Crippen LogP contribution in [0.4, 0.5) is 14.5 Å². The van der Waals surface area contributed by atoms with Gasteiger partial charge in [0.15, 0.2) is 5.75 Å². The molecule has 1 fully saturated rings. The lowest BCUT2D eigenvalue weighted by Gasteiger charge is -2.34. The molecule has 1 saturated heterocycles. The number of phenols is 1. The fraction of sp³-hybridized carbons (Fsp3) is 0.500. The third-order valence-electron chi connectivity index (χ3n) is 3.38. The van der Waals surface area contributed by atoms with Crippen molar-refractivity contribution < 1.29 is 18.8 Å². The number of nitro benzene ring substituents is 1. The Labute approximate surface area is 152 Å². The summed E-state index contributed by atoms with van der Waals surface area (Å²) >= 11 is 3.07. The lowest BCUT2D eigenvalue weighted by atomic mass is 10.0. The molecule has 23 heavy (non-hydrogen) atoms. The van der Waals surface area contributed by atoms with Crippen LogP contribution in [-0.4, -0.2) is 47.5 Å². The molecule has 0 aliphatic carbocycles. The van der Waals surface area contributed by atoms with Crippen molar-refractivity contribution in [3.05, 3.63) is 32.3 Å². The molecule has 1 aromatic rings. The van der Waals surface area contributed by atoms with E-state index < -0.39 is 28.8 Å². The molecule has 1 heterocycles. The molecule has 1 aliphatic rings. The minimum Gasteiger partial charge on any atom is -0.502 e. The van der Waals surface area contributed by atoms with Crippen molar-refractivity contribution in [1.29, 1.82) is 0 Å². The minimum absolute atomic E-state index is 0. The number of nitrogens with one attached hydrogen (secondary N) is 1. The second kappa shape index (κ2) is 9.53. The molecule has 2 rings (SSSR count). The van der Waals surface area contributed by atoms with Crippen LogP contribution >= 0.6 is 40.7 Å². The third kappa shape index (κ3) is 5.12. The topological polar surface area (TPSA) is 78.6 Å². The number of rotatable bonds is 4. The van der Waals surface area contributed by atoms with Gasteiger partial charge in [0.2, 0.25) is 0 Å². The van der Waals surface area contributed by atoms with Gasteiger partial charge in [0.05, 0.1) is 4.92 Å². The van der Waals surface area contributed by atoms with Crippen LogP contribution in [-0.2, 0) is 0 Å². The molecule has 0 saturated carbocycles. The predicted octanol–water partition coefficient (Wildman–Crippen LogP) is 3.12. The first kappa shape index (κ1) is 22.3.